The Labute approximate surface area is 211 Å². The van der Waals surface area contributed by atoms with Crippen molar-refractivity contribution in [3.8, 4) is 17.2 Å². The van der Waals surface area contributed by atoms with Crippen LogP contribution in [0.3, 0.4) is 0 Å². The molecule has 0 fully saturated rings. The first-order chi connectivity index (χ1) is 16.6. The fraction of sp³-hybridized carbons (Fsp3) is 0.333. The van der Waals surface area contributed by atoms with Crippen molar-refractivity contribution in [3.05, 3.63) is 57.5 Å². The first-order valence-electron chi connectivity index (χ1n) is 10.9. The molecule has 0 radical (unpaired) electrons. The molecule has 0 atom stereocenters. The van der Waals surface area contributed by atoms with Gasteiger partial charge in [-0.05, 0) is 66.8 Å². The molecule has 0 aliphatic carbocycles. The van der Waals surface area contributed by atoms with Gasteiger partial charge in [-0.3, -0.25) is 4.79 Å². The highest BCUT2D eigenvalue weighted by atomic mass is 35.5. The third-order valence-electron chi connectivity index (χ3n) is 5.21. The van der Waals surface area contributed by atoms with Crippen LogP contribution in [-0.2, 0) is 6.18 Å². The highest BCUT2D eigenvalue weighted by molar-refractivity contribution is 8.18. The van der Waals surface area contributed by atoms with Gasteiger partial charge in [-0.15, -0.1) is 0 Å². The number of rotatable bonds is 9. The normalized spacial score (nSPS) is 15.0. The zero-order valence-electron chi connectivity index (χ0n) is 19.4. The first kappa shape index (κ1) is 26.9. The average Bonchev–Trinajstić information content (AvgIpc) is 3.16. The molecule has 6 nitrogen and oxygen atoms in total. The van der Waals surface area contributed by atoms with Gasteiger partial charge in [0.1, 0.15) is 11.6 Å². The van der Waals surface area contributed by atoms with Crippen molar-refractivity contribution in [2.24, 2.45) is 4.99 Å². The third-order valence-corrected chi connectivity index (χ3v) is 6.31. The molecule has 2 aromatic carbocycles. The van der Waals surface area contributed by atoms with Gasteiger partial charge >= 0.3 is 11.4 Å². The molecule has 1 aliphatic heterocycles. The Balaban J connectivity index is 1.76. The summed E-state index contributed by atoms with van der Waals surface area (Å²) < 4.78 is 49.8. The molecule has 3 rings (SSSR count). The molecule has 0 bridgehead atoms. The summed E-state index contributed by atoms with van der Waals surface area (Å²) in [6.45, 7) is 7.53. The van der Waals surface area contributed by atoms with Crippen LogP contribution in [-0.4, -0.2) is 49.3 Å². The Morgan fingerprint density at radius 3 is 2.46 bits per heavy atom. The number of amides is 1. The van der Waals surface area contributed by atoms with Gasteiger partial charge in [0, 0.05) is 13.1 Å². The second-order valence-corrected chi connectivity index (χ2v) is 8.85. The number of methoxy groups -OCH3 is 1. The summed E-state index contributed by atoms with van der Waals surface area (Å²) in [5.41, 5.74) is -0.140. The van der Waals surface area contributed by atoms with E-state index in [1.807, 2.05) is 0 Å². The van der Waals surface area contributed by atoms with Crippen LogP contribution in [0, 0.1) is 0 Å². The minimum absolute atomic E-state index is 0.0628. The second-order valence-electron chi connectivity index (χ2n) is 7.45. The summed E-state index contributed by atoms with van der Waals surface area (Å²) >= 11 is 7.03. The molecule has 35 heavy (non-hydrogen) atoms. The summed E-state index contributed by atoms with van der Waals surface area (Å²) in [7, 11) is 1.45. The van der Waals surface area contributed by atoms with Crippen LogP contribution in [0.4, 0.5) is 18.0 Å². The van der Waals surface area contributed by atoms with E-state index in [1.165, 1.54) is 7.11 Å². The molecule has 1 N–H and O–H groups in total. The van der Waals surface area contributed by atoms with E-state index in [0.717, 1.165) is 55.2 Å². The van der Waals surface area contributed by atoms with Crippen molar-refractivity contribution in [2.45, 2.75) is 20.0 Å². The lowest BCUT2D eigenvalue weighted by atomic mass is 10.1. The van der Waals surface area contributed by atoms with Gasteiger partial charge in [0.2, 0.25) is 0 Å². The molecule has 0 spiro atoms. The fourth-order valence-electron chi connectivity index (χ4n) is 3.30. The standard InChI is InChI=1S/C24H25ClF3N3O3S/c1-4-31(5-2)11-10-29-22-21(35-23(32)30-22)13-15-6-8-19(20(12-15)33-3)34-18-9-7-16(14-17(18)25)24(26,27)28/h6-9,12-14H,4-5,10-11H2,1-3H3,(H,29,30,32). The number of ether oxygens (including phenoxy) is 2. The Kier molecular flexibility index (Phi) is 9.09. The van der Waals surface area contributed by atoms with Crippen molar-refractivity contribution >= 4 is 40.5 Å². The van der Waals surface area contributed by atoms with Crippen LogP contribution >= 0.6 is 23.4 Å². The second kappa shape index (κ2) is 11.8. The number of halogens is 4. The minimum Gasteiger partial charge on any atom is -0.493 e. The Bertz CT molecular complexity index is 1130. The van der Waals surface area contributed by atoms with Gasteiger partial charge < -0.3 is 19.7 Å². The van der Waals surface area contributed by atoms with E-state index in [4.69, 9.17) is 21.1 Å². The lowest BCUT2D eigenvalue weighted by molar-refractivity contribution is -0.137. The summed E-state index contributed by atoms with van der Waals surface area (Å²) in [6.07, 6.45) is -2.70. The van der Waals surface area contributed by atoms with Crippen LogP contribution in [0.1, 0.15) is 25.0 Å². The van der Waals surface area contributed by atoms with E-state index >= 15 is 0 Å². The lowest BCUT2D eigenvalue weighted by Crippen LogP contribution is -2.34. The number of carbonyl (C=O) groups excluding carboxylic acids is 1. The maximum Gasteiger partial charge on any atom is 0.416 e. The maximum atomic E-state index is 12.9. The van der Waals surface area contributed by atoms with Crippen LogP contribution in [0.15, 0.2) is 46.3 Å². The number of hydrogen-bond acceptors (Lipinski definition) is 6. The zero-order chi connectivity index (χ0) is 25.6. The Hall–Kier alpha value is -2.69. The van der Waals surface area contributed by atoms with E-state index in [-0.39, 0.29) is 21.8 Å². The lowest BCUT2D eigenvalue weighted by Gasteiger charge is -2.18. The van der Waals surface area contributed by atoms with Crippen molar-refractivity contribution in [1.82, 2.24) is 10.2 Å². The average molecular weight is 528 g/mol. The molecule has 0 aromatic heterocycles. The SMILES string of the molecule is CCN(CC)CCNC1=NC(=O)SC1=Cc1ccc(Oc2ccc(C(F)(F)F)cc2Cl)c(OC)c1. The monoisotopic (exact) mass is 527 g/mol. The highest BCUT2D eigenvalue weighted by Gasteiger charge is 2.31. The molecule has 11 heteroatoms. The van der Waals surface area contributed by atoms with E-state index in [2.05, 4.69) is 29.1 Å². The smallest absolute Gasteiger partial charge is 0.416 e. The number of likely N-dealkylation sites (N-methyl/N-ethyl adjacent to an activating group) is 1. The quantitative estimate of drug-likeness (QED) is 0.391. The first-order valence-corrected chi connectivity index (χ1v) is 12.1. The largest absolute Gasteiger partial charge is 0.493 e. The summed E-state index contributed by atoms with van der Waals surface area (Å²) in [5, 5.41) is 2.75. The number of nitrogens with zero attached hydrogens (tertiary/aromatic N) is 2. The molecular weight excluding hydrogens is 503 g/mol. The van der Waals surface area contributed by atoms with E-state index in [0.29, 0.717) is 23.0 Å². The van der Waals surface area contributed by atoms with E-state index in [1.54, 1.807) is 24.3 Å². The summed E-state index contributed by atoms with van der Waals surface area (Å²) in [4.78, 5) is 18.9. The number of nitrogens with one attached hydrogen (secondary N) is 1. The van der Waals surface area contributed by atoms with Crippen molar-refractivity contribution in [1.29, 1.82) is 0 Å². The van der Waals surface area contributed by atoms with Crippen LogP contribution < -0.4 is 14.8 Å². The van der Waals surface area contributed by atoms with Crippen molar-refractivity contribution in [2.75, 3.05) is 33.3 Å². The number of benzene rings is 2. The topological polar surface area (TPSA) is 63.2 Å². The molecule has 0 saturated carbocycles. The number of hydrogen-bond donors (Lipinski definition) is 1. The van der Waals surface area contributed by atoms with Crippen LogP contribution in [0.25, 0.3) is 6.08 Å². The van der Waals surface area contributed by atoms with E-state index < -0.39 is 11.7 Å². The molecule has 1 heterocycles. The van der Waals surface area contributed by atoms with Crippen LogP contribution in [0.2, 0.25) is 5.02 Å². The fourth-order valence-corrected chi connectivity index (χ4v) is 4.25. The molecule has 0 saturated heterocycles. The third kappa shape index (κ3) is 7.16. The van der Waals surface area contributed by atoms with Gasteiger partial charge in [0.05, 0.1) is 22.6 Å². The van der Waals surface area contributed by atoms with Crippen molar-refractivity contribution < 1.29 is 27.4 Å². The van der Waals surface area contributed by atoms with Gasteiger partial charge in [0.25, 0.3) is 0 Å². The molecule has 188 valence electrons. The summed E-state index contributed by atoms with van der Waals surface area (Å²) in [6, 6.07) is 7.91. The minimum atomic E-state index is -4.50. The van der Waals surface area contributed by atoms with Gasteiger partial charge in [0.15, 0.2) is 11.5 Å². The van der Waals surface area contributed by atoms with Gasteiger partial charge in [-0.1, -0.05) is 31.5 Å². The van der Waals surface area contributed by atoms with Gasteiger partial charge in [-0.25, -0.2) is 0 Å². The number of thioether (sulfide) groups is 1. The predicted molar refractivity (Wildman–Crippen MR) is 134 cm³/mol. The van der Waals surface area contributed by atoms with Crippen molar-refractivity contribution in [3.63, 3.8) is 0 Å². The number of alkyl halides is 3. The van der Waals surface area contributed by atoms with Gasteiger partial charge in [-0.2, -0.15) is 18.2 Å². The maximum absolute atomic E-state index is 12.9. The number of aliphatic imine (C=N–C) groups is 1. The summed E-state index contributed by atoms with van der Waals surface area (Å²) in [5.74, 6) is 1.20. The molecular formula is C24H25ClF3N3O3S. The zero-order valence-corrected chi connectivity index (χ0v) is 21.0. The molecule has 2 aromatic rings. The number of carbonyl (C=O) groups is 1. The van der Waals surface area contributed by atoms with Crippen LogP contribution in [0.5, 0.6) is 17.2 Å². The number of amidine groups is 1. The molecule has 0 unspecified atom stereocenters. The molecule has 1 aliphatic rings. The Morgan fingerprint density at radius 1 is 1.11 bits per heavy atom. The highest BCUT2D eigenvalue weighted by Crippen LogP contribution is 2.39. The Morgan fingerprint density at radius 2 is 1.83 bits per heavy atom. The molecule has 1 amide bonds. The predicted octanol–water partition coefficient (Wildman–Crippen LogP) is 6.70. The van der Waals surface area contributed by atoms with E-state index in [9.17, 15) is 18.0 Å².